The van der Waals surface area contributed by atoms with Crippen molar-refractivity contribution in [3.8, 4) is 0 Å². The topological polar surface area (TPSA) is 46.2 Å². The predicted molar refractivity (Wildman–Crippen MR) is 57.6 cm³/mol. The third-order valence-corrected chi connectivity index (χ3v) is 3.02. The number of halogens is 2. The second-order valence-electron chi connectivity index (χ2n) is 3.55. The highest BCUT2D eigenvalue weighted by Crippen LogP contribution is 2.26. The Morgan fingerprint density at radius 3 is 2.64 bits per heavy atom. The van der Waals surface area contributed by atoms with Gasteiger partial charge in [-0.2, -0.15) is 0 Å². The van der Waals surface area contributed by atoms with E-state index in [1.54, 1.807) is 12.1 Å². The van der Waals surface area contributed by atoms with Crippen LogP contribution in [0.15, 0.2) is 22.7 Å². The molecule has 78 valence electrons. The fourth-order valence-electron chi connectivity index (χ4n) is 1.15. The Bertz CT molecular complexity index is 326. The van der Waals surface area contributed by atoms with Gasteiger partial charge in [0.05, 0.1) is 11.1 Å². The number of nitrogens with two attached hydrogens (primary N) is 1. The highest BCUT2D eigenvalue weighted by Gasteiger charge is 2.24. The van der Waals surface area contributed by atoms with Crippen LogP contribution in [0.5, 0.6) is 0 Å². The lowest BCUT2D eigenvalue weighted by molar-refractivity contribution is 0.210. The summed E-state index contributed by atoms with van der Waals surface area (Å²) in [7, 11) is 0. The number of aliphatic hydroxyl groups excluding tert-OH is 1. The quantitative estimate of drug-likeness (QED) is 0.872. The van der Waals surface area contributed by atoms with E-state index in [-0.39, 0.29) is 12.4 Å². The van der Waals surface area contributed by atoms with Gasteiger partial charge in [0.1, 0.15) is 5.82 Å². The normalized spacial score (nSPS) is 15.2. The maximum atomic E-state index is 13.0. The van der Waals surface area contributed by atoms with E-state index in [4.69, 9.17) is 5.73 Å². The smallest absolute Gasteiger partial charge is 0.137 e. The molecular formula is C10H13BrFNO. The average Bonchev–Trinajstić information content (AvgIpc) is 2.21. The lowest BCUT2D eigenvalue weighted by Gasteiger charge is -2.26. The van der Waals surface area contributed by atoms with Crippen LogP contribution in [-0.4, -0.2) is 18.3 Å². The van der Waals surface area contributed by atoms with E-state index >= 15 is 0 Å². The highest BCUT2D eigenvalue weighted by molar-refractivity contribution is 9.10. The molecule has 1 rings (SSSR count). The summed E-state index contributed by atoms with van der Waals surface area (Å²) in [4.78, 5) is 0. The van der Waals surface area contributed by atoms with E-state index in [0.717, 1.165) is 5.56 Å². The van der Waals surface area contributed by atoms with Crippen LogP contribution in [0.3, 0.4) is 0 Å². The first-order valence-electron chi connectivity index (χ1n) is 4.30. The Morgan fingerprint density at radius 1 is 1.57 bits per heavy atom. The van der Waals surface area contributed by atoms with Gasteiger partial charge in [-0.1, -0.05) is 13.0 Å². The minimum absolute atomic E-state index is 0.0540. The molecule has 0 saturated heterocycles. The molecule has 4 heteroatoms. The summed E-state index contributed by atoms with van der Waals surface area (Å²) in [6.07, 6.45) is 0. The van der Waals surface area contributed by atoms with Gasteiger partial charge in [-0.3, -0.25) is 0 Å². The summed E-state index contributed by atoms with van der Waals surface area (Å²) in [5.41, 5.74) is 5.89. The molecule has 14 heavy (non-hydrogen) atoms. The van der Waals surface area contributed by atoms with Crippen LogP contribution in [0.4, 0.5) is 4.39 Å². The zero-order chi connectivity index (χ0) is 10.8. The Balaban J connectivity index is 3.12. The lowest BCUT2D eigenvalue weighted by Crippen LogP contribution is -2.35. The average molecular weight is 262 g/mol. The van der Waals surface area contributed by atoms with E-state index in [1.807, 2.05) is 6.92 Å². The second-order valence-corrected chi connectivity index (χ2v) is 4.41. The lowest BCUT2D eigenvalue weighted by atomic mass is 9.83. The van der Waals surface area contributed by atoms with Crippen molar-refractivity contribution in [2.24, 2.45) is 5.73 Å². The maximum absolute atomic E-state index is 13.0. The van der Waals surface area contributed by atoms with Crippen molar-refractivity contribution in [2.45, 2.75) is 12.3 Å². The van der Waals surface area contributed by atoms with Crippen molar-refractivity contribution < 1.29 is 9.50 Å². The van der Waals surface area contributed by atoms with Crippen LogP contribution in [0.25, 0.3) is 0 Å². The first-order valence-corrected chi connectivity index (χ1v) is 5.09. The van der Waals surface area contributed by atoms with Gasteiger partial charge >= 0.3 is 0 Å². The number of benzene rings is 1. The molecule has 0 amide bonds. The molecule has 0 radical (unpaired) electrons. The van der Waals surface area contributed by atoms with Crippen molar-refractivity contribution in [1.29, 1.82) is 0 Å². The molecule has 0 bridgehead atoms. The highest BCUT2D eigenvalue weighted by atomic mass is 79.9. The number of hydrogen-bond donors (Lipinski definition) is 2. The Morgan fingerprint density at radius 2 is 2.21 bits per heavy atom. The number of hydrogen-bond acceptors (Lipinski definition) is 2. The summed E-state index contributed by atoms with van der Waals surface area (Å²) in [5, 5.41) is 9.21. The van der Waals surface area contributed by atoms with Crippen molar-refractivity contribution in [1.82, 2.24) is 0 Å². The standard InChI is InChI=1S/C10H13BrFNO/c1-10(5-13,6-14)7-2-3-9(12)8(11)4-7/h2-4,14H,5-6,13H2,1H3. The van der Waals surface area contributed by atoms with E-state index in [9.17, 15) is 9.50 Å². The molecule has 1 unspecified atom stereocenters. The molecule has 0 aliphatic rings. The third kappa shape index (κ3) is 2.13. The molecule has 1 aromatic carbocycles. The molecule has 0 aromatic heterocycles. The molecule has 3 N–H and O–H groups in total. The number of aliphatic hydroxyl groups is 1. The van der Waals surface area contributed by atoms with Gasteiger partial charge in [0.15, 0.2) is 0 Å². The summed E-state index contributed by atoms with van der Waals surface area (Å²) in [6.45, 7) is 2.11. The van der Waals surface area contributed by atoms with Crippen LogP contribution in [0.1, 0.15) is 12.5 Å². The fourth-order valence-corrected chi connectivity index (χ4v) is 1.52. The van der Waals surface area contributed by atoms with Gasteiger partial charge in [-0.05, 0) is 33.6 Å². The van der Waals surface area contributed by atoms with Crippen molar-refractivity contribution in [3.05, 3.63) is 34.1 Å². The first kappa shape index (κ1) is 11.6. The van der Waals surface area contributed by atoms with Crippen LogP contribution in [0.2, 0.25) is 0 Å². The van der Waals surface area contributed by atoms with Crippen LogP contribution in [0, 0.1) is 5.82 Å². The molecule has 0 heterocycles. The van der Waals surface area contributed by atoms with Crippen LogP contribution in [-0.2, 0) is 5.41 Å². The Hall–Kier alpha value is -0.450. The second kappa shape index (κ2) is 4.38. The third-order valence-electron chi connectivity index (χ3n) is 2.42. The molecule has 1 atom stereocenters. The van der Waals surface area contributed by atoms with Gasteiger partial charge in [0.25, 0.3) is 0 Å². The van der Waals surface area contributed by atoms with E-state index in [2.05, 4.69) is 15.9 Å². The number of rotatable bonds is 3. The van der Waals surface area contributed by atoms with Gasteiger partial charge < -0.3 is 10.8 Å². The zero-order valence-electron chi connectivity index (χ0n) is 7.93. The molecule has 1 aromatic rings. The predicted octanol–water partition coefficient (Wildman–Crippen LogP) is 1.80. The van der Waals surface area contributed by atoms with E-state index in [0.29, 0.717) is 11.0 Å². The fraction of sp³-hybridized carbons (Fsp3) is 0.400. The minimum atomic E-state index is -0.504. The van der Waals surface area contributed by atoms with Gasteiger partial charge in [-0.25, -0.2) is 4.39 Å². The molecule has 0 saturated carbocycles. The van der Waals surface area contributed by atoms with E-state index in [1.165, 1.54) is 6.07 Å². The molecule has 0 aliphatic heterocycles. The Labute approximate surface area is 91.1 Å². The van der Waals surface area contributed by atoms with Crippen LogP contribution >= 0.6 is 15.9 Å². The largest absolute Gasteiger partial charge is 0.395 e. The molecular weight excluding hydrogens is 249 g/mol. The molecule has 2 nitrogen and oxygen atoms in total. The van der Waals surface area contributed by atoms with Crippen molar-refractivity contribution in [2.75, 3.05) is 13.2 Å². The molecule has 0 spiro atoms. The van der Waals surface area contributed by atoms with Gasteiger partial charge in [0, 0.05) is 12.0 Å². The van der Waals surface area contributed by atoms with Crippen molar-refractivity contribution >= 4 is 15.9 Å². The van der Waals surface area contributed by atoms with Crippen molar-refractivity contribution in [3.63, 3.8) is 0 Å². The van der Waals surface area contributed by atoms with Crippen LogP contribution < -0.4 is 5.73 Å². The van der Waals surface area contributed by atoms with E-state index < -0.39 is 5.41 Å². The zero-order valence-corrected chi connectivity index (χ0v) is 9.51. The SMILES string of the molecule is CC(CN)(CO)c1ccc(F)c(Br)c1. The minimum Gasteiger partial charge on any atom is -0.395 e. The summed E-state index contributed by atoms with van der Waals surface area (Å²) < 4.78 is 13.3. The summed E-state index contributed by atoms with van der Waals surface area (Å²) in [6, 6.07) is 4.66. The molecule has 0 fully saturated rings. The summed E-state index contributed by atoms with van der Waals surface area (Å²) in [5.74, 6) is -0.314. The van der Waals surface area contributed by atoms with Gasteiger partial charge in [-0.15, -0.1) is 0 Å². The van der Waals surface area contributed by atoms with Gasteiger partial charge in [0.2, 0.25) is 0 Å². The summed E-state index contributed by atoms with van der Waals surface area (Å²) >= 11 is 3.10. The monoisotopic (exact) mass is 261 g/mol. The maximum Gasteiger partial charge on any atom is 0.137 e. The first-order chi connectivity index (χ1) is 6.53. The molecule has 0 aliphatic carbocycles. The Kier molecular flexibility index (Phi) is 3.64.